The number of carbonyl (C=O) groups excluding carboxylic acids is 5. The minimum Gasteiger partial charge on any atom is -0.397 e. The molecular weight excluding hydrogens is 733 g/mol. The van der Waals surface area contributed by atoms with E-state index in [9.17, 15) is 24.0 Å². The number of unbranched alkanes of at least 4 members (excludes halogenated alkanes) is 1. The summed E-state index contributed by atoms with van der Waals surface area (Å²) in [6, 6.07) is 27.6. The molecule has 3 aromatic carbocycles. The summed E-state index contributed by atoms with van der Waals surface area (Å²) in [6.07, 6.45) is 6.16. The van der Waals surface area contributed by atoms with Gasteiger partial charge in [0.1, 0.15) is 29.8 Å². The first-order valence-corrected chi connectivity index (χ1v) is 22.4. The number of hydrogen-bond donors (Lipinski definition) is 3. The van der Waals surface area contributed by atoms with E-state index >= 15 is 0 Å². The summed E-state index contributed by atoms with van der Waals surface area (Å²) in [6.45, 7) is 12.2. The van der Waals surface area contributed by atoms with Crippen LogP contribution in [0.2, 0.25) is 5.04 Å². The summed E-state index contributed by atoms with van der Waals surface area (Å²) in [7, 11) is -2.94. The van der Waals surface area contributed by atoms with Gasteiger partial charge in [0, 0.05) is 6.54 Å². The number of carbonyl (C=O) groups is 5. The molecule has 2 saturated heterocycles. The number of nitrogens with one attached hydrogen (secondary N) is 3. The molecule has 5 rings (SSSR count). The van der Waals surface area contributed by atoms with Gasteiger partial charge in [-0.05, 0) is 92.3 Å². The molecule has 5 atom stereocenters. The number of rotatable bonds is 14. The zero-order valence-electron chi connectivity index (χ0n) is 34.4. The number of fused-ring (bicyclic) bond motifs is 1. The van der Waals surface area contributed by atoms with Gasteiger partial charge in [-0.15, -0.1) is 0 Å². The van der Waals surface area contributed by atoms with Crippen molar-refractivity contribution in [2.24, 2.45) is 0 Å². The normalized spacial score (nSPS) is 22.8. The lowest BCUT2D eigenvalue weighted by Crippen LogP contribution is -2.68. The maximum atomic E-state index is 14.0. The lowest BCUT2D eigenvalue weighted by molar-refractivity contribution is -0.144. The van der Waals surface area contributed by atoms with Crippen molar-refractivity contribution in [1.82, 2.24) is 20.9 Å². The molecule has 2 heterocycles. The molecule has 10 nitrogen and oxygen atoms in total. The highest BCUT2D eigenvalue weighted by atomic mass is 28.4. The molecule has 0 aliphatic carbocycles. The molecule has 4 amide bonds. The first kappa shape index (κ1) is 43.3. The molecule has 11 heteroatoms. The van der Waals surface area contributed by atoms with Gasteiger partial charge in [0.15, 0.2) is 5.78 Å². The Morgan fingerprint density at radius 1 is 0.877 bits per heavy atom. The van der Waals surface area contributed by atoms with Crippen LogP contribution in [-0.4, -0.2) is 78.9 Å². The Balaban J connectivity index is 1.27. The Bertz CT molecular complexity index is 1840. The molecule has 2 fully saturated rings. The molecular formula is C46H60N4O6Si. The van der Waals surface area contributed by atoms with Crippen molar-refractivity contribution in [3.63, 3.8) is 0 Å². The average molecular weight is 793 g/mol. The molecule has 0 spiro atoms. The van der Waals surface area contributed by atoms with E-state index in [1.54, 1.807) is 37.8 Å². The van der Waals surface area contributed by atoms with Crippen LogP contribution in [-0.2, 0) is 34.8 Å². The van der Waals surface area contributed by atoms with E-state index in [4.69, 9.17) is 4.43 Å². The quantitative estimate of drug-likeness (QED) is 0.118. The van der Waals surface area contributed by atoms with E-state index in [2.05, 4.69) is 61.0 Å². The maximum absolute atomic E-state index is 14.0. The van der Waals surface area contributed by atoms with Gasteiger partial charge in [-0.1, -0.05) is 125 Å². The monoisotopic (exact) mass is 792 g/mol. The second-order valence-corrected chi connectivity index (χ2v) is 20.9. The number of allylic oxidation sites excluding steroid dienone is 1. The summed E-state index contributed by atoms with van der Waals surface area (Å²) < 4.78 is 6.98. The van der Waals surface area contributed by atoms with Crippen LogP contribution in [0.1, 0.15) is 92.1 Å². The smallest absolute Gasteiger partial charge is 0.262 e. The third-order valence-electron chi connectivity index (χ3n) is 11.6. The van der Waals surface area contributed by atoms with Crippen molar-refractivity contribution in [2.45, 2.75) is 128 Å². The average Bonchev–Trinajstić information content (AvgIpc) is 3.71. The highest BCUT2D eigenvalue weighted by Crippen LogP contribution is 2.37. The largest absolute Gasteiger partial charge is 0.397 e. The van der Waals surface area contributed by atoms with Gasteiger partial charge < -0.3 is 25.3 Å². The minimum absolute atomic E-state index is 0.155. The second kappa shape index (κ2) is 19.0. The SMILES string of the molecule is CC[C@]1(C)NC(=O)[C@H](CCC/C=C/C(=O)[C@H](C)O[Si](c2ccccc2)(c2ccccc2)C(C)(C)C)NC(=O)[C@H]2CCCN2C(=O)[C@H](CCc2ccccc2)NC1=O. The van der Waals surface area contributed by atoms with Gasteiger partial charge in [-0.25, -0.2) is 0 Å². The van der Waals surface area contributed by atoms with Crippen molar-refractivity contribution in [3.05, 3.63) is 109 Å². The van der Waals surface area contributed by atoms with E-state index in [1.165, 1.54) is 0 Å². The van der Waals surface area contributed by atoms with Crippen molar-refractivity contribution in [2.75, 3.05) is 6.54 Å². The summed E-state index contributed by atoms with van der Waals surface area (Å²) in [5.74, 6) is -1.73. The van der Waals surface area contributed by atoms with Crippen LogP contribution in [0.3, 0.4) is 0 Å². The van der Waals surface area contributed by atoms with Crippen LogP contribution in [0, 0.1) is 0 Å². The van der Waals surface area contributed by atoms with Crippen LogP contribution < -0.4 is 26.3 Å². The number of aryl methyl sites for hydroxylation is 1. The highest BCUT2D eigenvalue weighted by Gasteiger charge is 2.51. The molecule has 3 aromatic rings. The lowest BCUT2D eigenvalue weighted by Gasteiger charge is -2.44. The zero-order chi connectivity index (χ0) is 41.2. The highest BCUT2D eigenvalue weighted by molar-refractivity contribution is 6.99. The number of ketones is 1. The Morgan fingerprint density at radius 3 is 2.05 bits per heavy atom. The predicted molar refractivity (Wildman–Crippen MR) is 226 cm³/mol. The standard InChI is InChI=1S/C46H60N4O6Si/c1-7-46(6)44(55)48-38(31-30-34-21-12-8-13-22-34)43(54)50-32-20-28-39(50)42(53)47-37(41(52)49-46)27-18-11-19-29-40(51)33(2)56-57(45(3,4)5,35-23-14-9-15-24-35)36-25-16-10-17-26-36/h8-10,12-17,19,21-26,29,33,37-39H,7,11,18,20,27-28,30-32H2,1-6H3,(H,47,53)(H,48,55)(H,49,52)/b29-19+/t33-,37-,38-,39+,46-/m0/s1. The van der Waals surface area contributed by atoms with E-state index < -0.39 is 49.9 Å². The molecule has 0 unspecified atom stereocenters. The number of benzene rings is 3. The van der Waals surface area contributed by atoms with Gasteiger partial charge in [0.25, 0.3) is 8.32 Å². The molecule has 0 radical (unpaired) electrons. The summed E-state index contributed by atoms with van der Waals surface area (Å²) in [5.41, 5.74) is -0.282. The number of nitrogens with zero attached hydrogens (tertiary/aromatic N) is 1. The van der Waals surface area contributed by atoms with Crippen LogP contribution in [0.25, 0.3) is 0 Å². The van der Waals surface area contributed by atoms with E-state index in [1.807, 2.05) is 66.7 Å². The molecule has 57 heavy (non-hydrogen) atoms. The molecule has 0 aromatic heterocycles. The first-order valence-electron chi connectivity index (χ1n) is 20.5. The lowest BCUT2D eigenvalue weighted by atomic mass is 9.94. The van der Waals surface area contributed by atoms with Gasteiger partial charge in [0.05, 0.1) is 0 Å². The molecule has 0 bridgehead atoms. The fourth-order valence-corrected chi connectivity index (χ4v) is 12.7. The molecule has 2 aliphatic heterocycles. The Kier molecular flexibility index (Phi) is 14.5. The van der Waals surface area contributed by atoms with E-state index in [0.29, 0.717) is 45.1 Å². The van der Waals surface area contributed by atoms with Crippen molar-refractivity contribution >= 4 is 48.1 Å². The molecule has 3 N–H and O–H groups in total. The molecule has 0 saturated carbocycles. The minimum atomic E-state index is -2.94. The van der Waals surface area contributed by atoms with Crippen LogP contribution in [0.4, 0.5) is 0 Å². The first-order chi connectivity index (χ1) is 27.2. The van der Waals surface area contributed by atoms with Gasteiger partial charge in [0.2, 0.25) is 23.6 Å². The molecule has 2 aliphatic rings. The zero-order valence-corrected chi connectivity index (χ0v) is 35.4. The van der Waals surface area contributed by atoms with Crippen molar-refractivity contribution in [3.8, 4) is 0 Å². The third kappa shape index (κ3) is 10.2. The predicted octanol–water partition coefficient (Wildman–Crippen LogP) is 5.14. The Labute approximate surface area is 339 Å². The second-order valence-electron chi connectivity index (χ2n) is 16.6. The van der Waals surface area contributed by atoms with E-state index in [0.717, 1.165) is 15.9 Å². The van der Waals surface area contributed by atoms with Crippen LogP contribution in [0.5, 0.6) is 0 Å². The summed E-state index contributed by atoms with van der Waals surface area (Å²) in [4.78, 5) is 70.7. The molecule has 304 valence electrons. The number of amides is 4. The topological polar surface area (TPSA) is 134 Å². The van der Waals surface area contributed by atoms with E-state index in [-0.39, 0.29) is 35.5 Å². The summed E-state index contributed by atoms with van der Waals surface area (Å²) in [5, 5.41) is 10.7. The number of hydrogen-bond acceptors (Lipinski definition) is 6. The third-order valence-corrected chi connectivity index (χ3v) is 16.7. The Morgan fingerprint density at radius 2 is 1.47 bits per heavy atom. The van der Waals surface area contributed by atoms with Gasteiger partial charge in [-0.3, -0.25) is 24.0 Å². The van der Waals surface area contributed by atoms with Gasteiger partial charge in [-0.2, -0.15) is 0 Å². The fourth-order valence-electron chi connectivity index (χ4n) is 8.02. The van der Waals surface area contributed by atoms with Gasteiger partial charge >= 0.3 is 0 Å². The Hall–Kier alpha value is -4.87. The van der Waals surface area contributed by atoms with Crippen molar-refractivity contribution < 1.29 is 28.4 Å². The van der Waals surface area contributed by atoms with Crippen LogP contribution in [0.15, 0.2) is 103 Å². The van der Waals surface area contributed by atoms with Crippen molar-refractivity contribution in [1.29, 1.82) is 0 Å². The maximum Gasteiger partial charge on any atom is 0.262 e. The summed E-state index contributed by atoms with van der Waals surface area (Å²) >= 11 is 0. The fraction of sp³-hybridized carbons (Fsp3) is 0.457. The van der Waals surface area contributed by atoms with Crippen LogP contribution >= 0.6 is 0 Å².